The number of carbonyl (C=O) groups is 3. The van der Waals surface area contributed by atoms with Gasteiger partial charge in [-0.2, -0.15) is 0 Å². The Bertz CT molecular complexity index is 1080. The largest absolute Gasteiger partial charge is 0.390 e. The number of nitrogens with zero attached hydrogens (tertiary/aromatic N) is 1. The third-order valence-electron chi connectivity index (χ3n) is 7.07. The van der Waals surface area contributed by atoms with E-state index in [9.17, 15) is 33.0 Å². The zero-order valence-corrected chi connectivity index (χ0v) is 27.0. The predicted octanol–water partition coefficient (Wildman–Crippen LogP) is 2.22. The van der Waals surface area contributed by atoms with Gasteiger partial charge in [0.1, 0.15) is 17.8 Å². The second kappa shape index (κ2) is 18.2. The summed E-state index contributed by atoms with van der Waals surface area (Å²) in [5, 5.41) is 29.3. The number of nitrogens with one attached hydrogen (secondary N) is 3. The van der Waals surface area contributed by atoms with Gasteiger partial charge in [0, 0.05) is 12.7 Å². The van der Waals surface area contributed by atoms with Gasteiger partial charge in [-0.3, -0.25) is 19.4 Å². The minimum Gasteiger partial charge on any atom is -0.390 e. The molecular formula is C30H52N4O7S. The molecular weight excluding hydrogens is 560 g/mol. The smallest absolute Gasteiger partial charge is 0.270 e. The van der Waals surface area contributed by atoms with Crippen LogP contribution in [0.15, 0.2) is 24.4 Å². The number of amides is 3. The van der Waals surface area contributed by atoms with E-state index in [4.69, 9.17) is 0 Å². The molecule has 1 rings (SSSR count). The lowest BCUT2D eigenvalue weighted by atomic mass is 9.89. The fraction of sp³-hybridized carbons (Fsp3) is 0.733. The van der Waals surface area contributed by atoms with Crippen molar-refractivity contribution >= 4 is 27.6 Å². The van der Waals surface area contributed by atoms with Crippen LogP contribution in [0.5, 0.6) is 0 Å². The van der Waals surface area contributed by atoms with Gasteiger partial charge in [0.15, 0.2) is 9.84 Å². The van der Waals surface area contributed by atoms with E-state index in [-0.39, 0.29) is 24.0 Å². The maximum absolute atomic E-state index is 13.6. The number of carbonyl (C=O) groups excluding carboxylic acids is 3. The van der Waals surface area contributed by atoms with Crippen molar-refractivity contribution in [3.05, 3.63) is 30.1 Å². The van der Waals surface area contributed by atoms with E-state index in [1.807, 2.05) is 41.5 Å². The van der Waals surface area contributed by atoms with Crippen molar-refractivity contribution in [2.24, 2.45) is 17.8 Å². The highest BCUT2D eigenvalue weighted by atomic mass is 32.2. The summed E-state index contributed by atoms with van der Waals surface area (Å²) in [6, 6.07) is 2.17. The average Bonchev–Trinajstić information content (AvgIpc) is 2.93. The molecule has 0 aliphatic rings. The van der Waals surface area contributed by atoms with Gasteiger partial charge in [0.25, 0.3) is 5.91 Å². The molecule has 12 heteroatoms. The second-order valence-corrected chi connectivity index (χ2v) is 14.2. The van der Waals surface area contributed by atoms with Crippen molar-refractivity contribution in [2.45, 2.75) is 110 Å². The lowest BCUT2D eigenvalue weighted by molar-refractivity contribution is -0.133. The summed E-state index contributed by atoms with van der Waals surface area (Å²) in [5.41, 5.74) is 0.0155. The normalized spacial score (nSPS) is 15.6. The minimum absolute atomic E-state index is 0.0155. The summed E-state index contributed by atoms with van der Waals surface area (Å²) < 4.78 is 26.9. The fourth-order valence-corrected chi connectivity index (χ4v) is 6.82. The van der Waals surface area contributed by atoms with Crippen molar-refractivity contribution in [1.29, 1.82) is 0 Å². The third kappa shape index (κ3) is 12.3. The van der Waals surface area contributed by atoms with Crippen LogP contribution >= 0.6 is 0 Å². The molecule has 1 aromatic rings. The zero-order valence-electron chi connectivity index (χ0n) is 26.2. The van der Waals surface area contributed by atoms with Gasteiger partial charge in [0.2, 0.25) is 11.8 Å². The first-order valence-electron chi connectivity index (χ1n) is 15.0. The van der Waals surface area contributed by atoms with Gasteiger partial charge in [0.05, 0.1) is 29.1 Å². The molecule has 0 saturated heterocycles. The summed E-state index contributed by atoms with van der Waals surface area (Å²) in [6.45, 7) is 13.3. The molecule has 1 heterocycles. The van der Waals surface area contributed by atoms with Crippen LogP contribution in [0.2, 0.25) is 0 Å². The van der Waals surface area contributed by atoms with Crippen molar-refractivity contribution in [2.75, 3.05) is 12.3 Å². The monoisotopic (exact) mass is 612 g/mol. The topological polar surface area (TPSA) is 175 Å². The molecule has 240 valence electrons. The van der Waals surface area contributed by atoms with E-state index < -0.39 is 68.8 Å². The van der Waals surface area contributed by atoms with Crippen LogP contribution in [0.1, 0.15) is 91.1 Å². The van der Waals surface area contributed by atoms with Crippen LogP contribution in [-0.4, -0.2) is 83.2 Å². The maximum atomic E-state index is 13.6. The van der Waals surface area contributed by atoms with E-state index in [2.05, 4.69) is 20.9 Å². The van der Waals surface area contributed by atoms with Crippen LogP contribution < -0.4 is 16.0 Å². The molecule has 0 spiro atoms. The number of aliphatic hydroxyl groups is 2. The maximum Gasteiger partial charge on any atom is 0.270 e. The molecule has 0 radical (unpaired) electrons. The molecule has 1 unspecified atom stereocenters. The Labute approximate surface area is 251 Å². The number of rotatable bonds is 19. The third-order valence-corrected chi connectivity index (χ3v) is 9.36. The Morgan fingerprint density at radius 1 is 0.881 bits per heavy atom. The van der Waals surface area contributed by atoms with Crippen LogP contribution in [0.3, 0.4) is 0 Å². The molecule has 0 aliphatic carbocycles. The number of sulfone groups is 1. The van der Waals surface area contributed by atoms with Gasteiger partial charge < -0.3 is 26.2 Å². The Kier molecular flexibility index (Phi) is 16.2. The van der Waals surface area contributed by atoms with Crippen molar-refractivity contribution in [3.8, 4) is 0 Å². The van der Waals surface area contributed by atoms with Gasteiger partial charge in [-0.1, -0.05) is 67.4 Å². The van der Waals surface area contributed by atoms with Crippen LogP contribution in [0.4, 0.5) is 0 Å². The highest BCUT2D eigenvalue weighted by molar-refractivity contribution is 7.92. The van der Waals surface area contributed by atoms with E-state index >= 15 is 0 Å². The Morgan fingerprint density at radius 2 is 1.50 bits per heavy atom. The molecule has 0 fully saturated rings. The van der Waals surface area contributed by atoms with E-state index in [0.717, 1.165) is 0 Å². The number of hydrogen-bond acceptors (Lipinski definition) is 8. The van der Waals surface area contributed by atoms with Gasteiger partial charge >= 0.3 is 0 Å². The summed E-state index contributed by atoms with van der Waals surface area (Å²) >= 11 is 0. The molecule has 5 N–H and O–H groups in total. The van der Waals surface area contributed by atoms with Crippen LogP contribution in [0.25, 0.3) is 0 Å². The van der Waals surface area contributed by atoms with Crippen molar-refractivity contribution in [3.63, 3.8) is 0 Å². The lowest BCUT2D eigenvalue weighted by Gasteiger charge is -2.32. The first kappa shape index (κ1) is 37.5. The molecule has 3 amide bonds. The molecule has 0 aliphatic heterocycles. The first-order valence-corrected chi connectivity index (χ1v) is 16.7. The average molecular weight is 613 g/mol. The van der Waals surface area contributed by atoms with E-state index in [1.54, 1.807) is 12.1 Å². The number of aliphatic hydroxyl groups excluding tert-OH is 2. The lowest BCUT2D eigenvalue weighted by Crippen LogP contribution is -2.58. The van der Waals surface area contributed by atoms with E-state index in [0.29, 0.717) is 32.2 Å². The zero-order chi connectivity index (χ0) is 32.0. The van der Waals surface area contributed by atoms with E-state index in [1.165, 1.54) is 19.2 Å². The molecule has 1 aromatic heterocycles. The summed E-state index contributed by atoms with van der Waals surface area (Å²) in [7, 11) is -3.81. The van der Waals surface area contributed by atoms with Crippen LogP contribution in [0, 0.1) is 17.8 Å². The second-order valence-electron chi connectivity index (χ2n) is 11.9. The predicted molar refractivity (Wildman–Crippen MR) is 163 cm³/mol. The molecule has 0 saturated carbocycles. The fourth-order valence-electron chi connectivity index (χ4n) is 4.66. The summed E-state index contributed by atoms with van der Waals surface area (Å²) in [4.78, 5) is 43.2. The van der Waals surface area contributed by atoms with Gasteiger partial charge in [-0.25, -0.2) is 8.42 Å². The SMILES string of the molecule is CCCC(CCC)S(=O)(=O)CC(NC(=O)c1ccccn1)C(=O)N[C@@H](CC(C)C)[C@@H](O)[C@H](O)[C@@H](C)C(=O)NCC(C)C. The minimum atomic E-state index is -3.81. The summed E-state index contributed by atoms with van der Waals surface area (Å²) in [6.07, 6.45) is 0.736. The molecule has 11 nitrogen and oxygen atoms in total. The number of aromatic nitrogens is 1. The number of hydrogen-bond donors (Lipinski definition) is 5. The molecule has 0 bridgehead atoms. The Morgan fingerprint density at radius 3 is 2.00 bits per heavy atom. The van der Waals surface area contributed by atoms with Crippen LogP contribution in [-0.2, 0) is 19.4 Å². The molecule has 5 atom stereocenters. The highest BCUT2D eigenvalue weighted by Gasteiger charge is 2.38. The summed E-state index contributed by atoms with van der Waals surface area (Å²) in [5.74, 6) is -3.42. The van der Waals surface area contributed by atoms with Gasteiger partial charge in [-0.15, -0.1) is 0 Å². The first-order chi connectivity index (χ1) is 19.6. The highest BCUT2D eigenvalue weighted by Crippen LogP contribution is 2.19. The Balaban J connectivity index is 3.29. The quantitative estimate of drug-likeness (QED) is 0.158. The van der Waals surface area contributed by atoms with Gasteiger partial charge in [-0.05, 0) is 43.2 Å². The number of pyridine rings is 1. The van der Waals surface area contributed by atoms with Crippen molar-refractivity contribution < 1.29 is 33.0 Å². The van der Waals surface area contributed by atoms with Crippen molar-refractivity contribution in [1.82, 2.24) is 20.9 Å². The Hall–Kier alpha value is -2.57. The standard InChI is InChI=1S/C30H52N4O7S/c1-8-12-22(13-9-2)42(40,41)18-25(34-29(38)23-14-10-11-15-31-23)30(39)33-24(16-19(3)4)27(36)26(35)21(7)28(37)32-17-20(5)6/h10-11,14-15,19-22,24-27,35-36H,8-9,12-13,16-18H2,1-7H3,(H,32,37)(H,33,39)(H,34,38)/t21-,24+,25?,26-,27-/m1/s1. The molecule has 42 heavy (non-hydrogen) atoms. The molecule has 0 aromatic carbocycles.